The van der Waals surface area contributed by atoms with Crippen LogP contribution in [0.15, 0.2) is 33.5 Å². The maximum atomic E-state index is 11.3. The number of fused-ring (bicyclic) bond motifs is 1. The monoisotopic (exact) mass is 424 g/mol. The highest BCUT2D eigenvalue weighted by Gasteiger charge is 2.74. The molecule has 5 N–H and O–H groups in total. The van der Waals surface area contributed by atoms with E-state index < -0.39 is 40.2 Å². The number of phenolic OH excluding ortho intramolecular Hbond substituents is 1. The Balaban J connectivity index is 1.99. The van der Waals surface area contributed by atoms with E-state index in [-0.39, 0.29) is 23.7 Å². The van der Waals surface area contributed by atoms with Crippen molar-refractivity contribution in [1.82, 2.24) is 0 Å². The van der Waals surface area contributed by atoms with Gasteiger partial charge >= 0.3 is 5.63 Å². The first-order chi connectivity index (χ1) is 13.6. The van der Waals surface area contributed by atoms with Crippen LogP contribution in [-0.2, 0) is 4.74 Å². The minimum atomic E-state index is -2.11. The summed E-state index contributed by atoms with van der Waals surface area (Å²) in [7, 11) is 0. The Morgan fingerprint density at radius 3 is 2.13 bits per heavy atom. The van der Waals surface area contributed by atoms with Crippen LogP contribution in [0.25, 0.3) is 11.0 Å². The van der Waals surface area contributed by atoms with Gasteiger partial charge in [0.15, 0.2) is 11.5 Å². The van der Waals surface area contributed by atoms with E-state index in [1.165, 1.54) is 58.9 Å². The highest BCUT2D eigenvalue weighted by molar-refractivity contribution is 5.80. The molecule has 1 aliphatic rings. The van der Waals surface area contributed by atoms with Crippen LogP contribution in [0.3, 0.4) is 0 Å². The molecule has 0 bridgehead atoms. The Labute approximate surface area is 173 Å². The van der Waals surface area contributed by atoms with Gasteiger partial charge < -0.3 is 39.4 Å². The fraction of sp³-hybridized carbons (Fsp3) is 0.571. The molecule has 3 rings (SSSR count). The van der Waals surface area contributed by atoms with Gasteiger partial charge in [0.1, 0.15) is 40.2 Å². The second-order valence-corrected chi connectivity index (χ2v) is 8.84. The smallest absolute Gasteiger partial charge is 0.336 e. The first kappa shape index (κ1) is 22.5. The number of phenols is 1. The SMILES string of the molecule is CC1(CO)OC(C)(COc2cc3ccc(=O)oc3cc2O)C(C)(O)C(C)(O)C1(C)O. The molecule has 2 aromatic rings. The van der Waals surface area contributed by atoms with Gasteiger partial charge in [-0.1, -0.05) is 0 Å². The van der Waals surface area contributed by atoms with Crippen molar-refractivity contribution in [2.75, 3.05) is 13.2 Å². The molecule has 2 heterocycles. The summed E-state index contributed by atoms with van der Waals surface area (Å²) >= 11 is 0. The fourth-order valence-electron chi connectivity index (χ4n) is 3.97. The van der Waals surface area contributed by atoms with Crippen molar-refractivity contribution in [1.29, 1.82) is 0 Å². The largest absolute Gasteiger partial charge is 0.504 e. The van der Waals surface area contributed by atoms with E-state index in [1.54, 1.807) is 0 Å². The third-order valence-corrected chi connectivity index (χ3v) is 6.91. The second-order valence-electron chi connectivity index (χ2n) is 8.84. The number of hydrogen-bond donors (Lipinski definition) is 5. The lowest BCUT2D eigenvalue weighted by atomic mass is 9.58. The Morgan fingerprint density at radius 2 is 1.53 bits per heavy atom. The number of ether oxygens (including phenoxy) is 2. The minimum absolute atomic E-state index is 0.0275. The normalized spacial score (nSPS) is 39.2. The maximum Gasteiger partial charge on any atom is 0.336 e. The van der Waals surface area contributed by atoms with Gasteiger partial charge in [0.25, 0.3) is 0 Å². The number of rotatable bonds is 4. The molecule has 1 aromatic heterocycles. The van der Waals surface area contributed by atoms with Crippen LogP contribution >= 0.6 is 0 Å². The Hall–Kier alpha value is -2.17. The van der Waals surface area contributed by atoms with E-state index >= 15 is 0 Å². The van der Waals surface area contributed by atoms with Crippen LogP contribution in [-0.4, -0.2) is 66.8 Å². The molecule has 1 fully saturated rings. The Kier molecular flexibility index (Phi) is 5.00. The predicted molar refractivity (Wildman–Crippen MR) is 106 cm³/mol. The van der Waals surface area contributed by atoms with Gasteiger partial charge in [-0.25, -0.2) is 4.79 Å². The minimum Gasteiger partial charge on any atom is -0.504 e. The van der Waals surface area contributed by atoms with Crippen LogP contribution in [0.4, 0.5) is 0 Å². The molecular weight excluding hydrogens is 396 g/mol. The number of benzene rings is 1. The number of aliphatic hydroxyl groups excluding tert-OH is 1. The Bertz CT molecular complexity index is 1020. The van der Waals surface area contributed by atoms with Gasteiger partial charge in [0, 0.05) is 17.5 Å². The van der Waals surface area contributed by atoms with Crippen LogP contribution in [0.2, 0.25) is 0 Å². The van der Waals surface area contributed by atoms with E-state index in [0.717, 1.165) is 0 Å². The van der Waals surface area contributed by atoms with E-state index in [2.05, 4.69) is 0 Å². The lowest BCUT2D eigenvalue weighted by Gasteiger charge is -2.65. The summed E-state index contributed by atoms with van der Waals surface area (Å²) in [5.74, 6) is -0.278. The van der Waals surface area contributed by atoms with E-state index in [4.69, 9.17) is 13.9 Å². The van der Waals surface area contributed by atoms with Gasteiger partial charge in [-0.05, 0) is 46.8 Å². The number of aromatic hydroxyl groups is 1. The van der Waals surface area contributed by atoms with Gasteiger partial charge in [-0.15, -0.1) is 0 Å². The lowest BCUT2D eigenvalue weighted by molar-refractivity contribution is -0.405. The molecule has 0 radical (unpaired) electrons. The summed E-state index contributed by atoms with van der Waals surface area (Å²) in [6.45, 7) is 5.75. The summed E-state index contributed by atoms with van der Waals surface area (Å²) in [5, 5.41) is 53.9. The van der Waals surface area contributed by atoms with Gasteiger partial charge in [0.2, 0.25) is 0 Å². The number of aliphatic hydroxyl groups is 4. The van der Waals surface area contributed by atoms with Gasteiger partial charge in [0.05, 0.1) is 6.61 Å². The van der Waals surface area contributed by atoms with Crippen LogP contribution < -0.4 is 10.4 Å². The molecule has 0 saturated carbocycles. The number of hydrogen-bond acceptors (Lipinski definition) is 9. The van der Waals surface area contributed by atoms with E-state index in [9.17, 15) is 30.3 Å². The van der Waals surface area contributed by atoms with Crippen molar-refractivity contribution in [3.63, 3.8) is 0 Å². The first-order valence-corrected chi connectivity index (χ1v) is 9.50. The van der Waals surface area contributed by atoms with Crippen molar-refractivity contribution in [2.24, 2.45) is 0 Å². The molecule has 0 spiro atoms. The van der Waals surface area contributed by atoms with Gasteiger partial charge in [-0.3, -0.25) is 0 Å². The molecule has 0 amide bonds. The molecule has 1 saturated heterocycles. The average Bonchev–Trinajstić information content (AvgIpc) is 2.64. The van der Waals surface area contributed by atoms with Crippen molar-refractivity contribution in [3.05, 3.63) is 34.7 Å². The quantitative estimate of drug-likeness (QED) is 0.446. The first-order valence-electron chi connectivity index (χ1n) is 9.50. The standard InChI is InChI=1S/C21H28O9/c1-17(10-22)19(3,25)21(5,27)20(4,26)18(2,30-17)11-28-15-8-12-6-7-16(24)29-14(12)9-13(15)23/h6-9,22-23,25-27H,10-11H2,1-5H3. The van der Waals surface area contributed by atoms with Crippen molar-refractivity contribution in [2.45, 2.75) is 62.6 Å². The van der Waals surface area contributed by atoms with Crippen LogP contribution in [0, 0.1) is 0 Å². The molecule has 0 aliphatic carbocycles. The van der Waals surface area contributed by atoms with E-state index in [0.29, 0.717) is 5.39 Å². The molecule has 9 heteroatoms. The lowest BCUT2D eigenvalue weighted by Crippen LogP contribution is -2.85. The molecular formula is C21H28O9. The summed E-state index contributed by atoms with van der Waals surface area (Å²) in [4.78, 5) is 11.3. The fourth-order valence-corrected chi connectivity index (χ4v) is 3.97. The van der Waals surface area contributed by atoms with Crippen molar-refractivity contribution >= 4 is 11.0 Å². The highest BCUT2D eigenvalue weighted by atomic mass is 16.6. The summed E-state index contributed by atoms with van der Waals surface area (Å²) < 4.78 is 16.7. The zero-order valence-corrected chi connectivity index (χ0v) is 17.6. The van der Waals surface area contributed by atoms with Crippen molar-refractivity contribution < 1.29 is 39.4 Å². The second kappa shape index (κ2) is 6.66. The van der Waals surface area contributed by atoms with Crippen LogP contribution in [0.1, 0.15) is 34.6 Å². The van der Waals surface area contributed by atoms with E-state index in [1.807, 2.05) is 0 Å². The summed E-state index contributed by atoms with van der Waals surface area (Å²) in [5.41, 5.74) is -9.79. The Morgan fingerprint density at radius 1 is 0.933 bits per heavy atom. The molecule has 5 unspecified atom stereocenters. The summed E-state index contributed by atoms with van der Waals surface area (Å²) in [6.07, 6.45) is 0. The predicted octanol–water partition coefficient (Wildman–Crippen LogP) is 0.670. The molecule has 166 valence electrons. The maximum absolute atomic E-state index is 11.3. The van der Waals surface area contributed by atoms with Gasteiger partial charge in [-0.2, -0.15) is 0 Å². The molecule has 1 aliphatic heterocycles. The molecule has 9 nitrogen and oxygen atoms in total. The summed E-state index contributed by atoms with van der Waals surface area (Å²) in [6, 6.07) is 5.42. The molecule has 30 heavy (non-hydrogen) atoms. The average molecular weight is 424 g/mol. The molecule has 1 aromatic carbocycles. The van der Waals surface area contributed by atoms with Crippen LogP contribution in [0.5, 0.6) is 11.5 Å². The topological polar surface area (TPSA) is 150 Å². The third-order valence-electron chi connectivity index (χ3n) is 6.91. The third kappa shape index (κ3) is 2.92. The zero-order chi connectivity index (χ0) is 22.8. The van der Waals surface area contributed by atoms with Crippen molar-refractivity contribution in [3.8, 4) is 11.5 Å². The zero-order valence-electron chi connectivity index (χ0n) is 17.6. The highest BCUT2D eigenvalue weighted by Crippen LogP contribution is 2.53. The molecule has 5 atom stereocenters.